The fourth-order valence-corrected chi connectivity index (χ4v) is 2.35. The molecule has 0 unspecified atom stereocenters. The van der Waals surface area contributed by atoms with E-state index >= 15 is 0 Å². The molecule has 0 aliphatic heterocycles. The lowest BCUT2D eigenvalue weighted by atomic mass is 10.3. The monoisotopic (exact) mass is 242 g/mol. The van der Waals surface area contributed by atoms with E-state index in [0.29, 0.717) is 0 Å². The van der Waals surface area contributed by atoms with Crippen molar-refractivity contribution in [3.8, 4) is 11.4 Å². The van der Waals surface area contributed by atoms with Crippen molar-refractivity contribution in [3.63, 3.8) is 0 Å². The lowest BCUT2D eigenvalue weighted by Gasteiger charge is -2.05. The second kappa shape index (κ2) is 4.47. The van der Waals surface area contributed by atoms with Crippen molar-refractivity contribution >= 4 is 11.3 Å². The van der Waals surface area contributed by atoms with Crippen LogP contribution in [0.25, 0.3) is 11.4 Å². The van der Waals surface area contributed by atoms with Crippen LogP contribution in [0.2, 0.25) is 0 Å². The van der Waals surface area contributed by atoms with Gasteiger partial charge >= 0.3 is 0 Å². The Bertz CT molecular complexity index is 586. The molecule has 17 heavy (non-hydrogen) atoms. The number of thiophene rings is 1. The van der Waals surface area contributed by atoms with Crippen LogP contribution >= 0.6 is 11.3 Å². The van der Waals surface area contributed by atoms with Gasteiger partial charge in [-0.05, 0) is 22.4 Å². The summed E-state index contributed by atoms with van der Waals surface area (Å²) in [5.74, 6) is 0.900. The molecule has 0 aromatic carbocycles. The highest BCUT2D eigenvalue weighted by molar-refractivity contribution is 7.07. The van der Waals surface area contributed by atoms with Crippen molar-refractivity contribution in [2.75, 3.05) is 0 Å². The topological polar surface area (TPSA) is 43.6 Å². The summed E-state index contributed by atoms with van der Waals surface area (Å²) in [6, 6.07) is 2.12. The summed E-state index contributed by atoms with van der Waals surface area (Å²) >= 11 is 1.70. The van der Waals surface area contributed by atoms with Gasteiger partial charge in [-0.1, -0.05) is 0 Å². The molecule has 0 atom stereocenters. The molecule has 0 radical (unpaired) electrons. The van der Waals surface area contributed by atoms with E-state index in [2.05, 4.69) is 36.3 Å². The Morgan fingerprint density at radius 1 is 1.24 bits per heavy atom. The van der Waals surface area contributed by atoms with Gasteiger partial charge in [-0.25, -0.2) is 15.0 Å². The summed E-state index contributed by atoms with van der Waals surface area (Å²) in [7, 11) is 0. The van der Waals surface area contributed by atoms with Gasteiger partial charge in [0.1, 0.15) is 12.2 Å². The molecular weight excluding hydrogens is 232 g/mol. The summed E-state index contributed by atoms with van der Waals surface area (Å²) < 4.78 is 2.10. The van der Waals surface area contributed by atoms with Gasteiger partial charge in [0.15, 0.2) is 0 Å². The van der Waals surface area contributed by atoms with Gasteiger partial charge in [0.2, 0.25) is 0 Å². The molecule has 0 saturated heterocycles. The van der Waals surface area contributed by atoms with Crippen molar-refractivity contribution < 1.29 is 0 Å². The molecule has 0 fully saturated rings. The highest BCUT2D eigenvalue weighted by Gasteiger charge is 2.06. The maximum absolute atomic E-state index is 4.35. The molecule has 0 saturated carbocycles. The second-order valence-electron chi connectivity index (χ2n) is 3.64. The molecule has 3 heterocycles. The molecule has 0 aliphatic rings. The molecule has 84 valence electrons. The van der Waals surface area contributed by atoms with E-state index in [-0.39, 0.29) is 0 Å². The van der Waals surface area contributed by atoms with Crippen molar-refractivity contribution in [1.29, 1.82) is 0 Å². The first-order valence-corrected chi connectivity index (χ1v) is 6.15. The smallest absolute Gasteiger partial charge is 0.143 e. The predicted octanol–water partition coefficient (Wildman–Crippen LogP) is 2.45. The zero-order valence-electron chi connectivity index (χ0n) is 9.02. The fraction of sp³-hybridized carbons (Fsp3) is 0.0833. The van der Waals surface area contributed by atoms with Gasteiger partial charge in [-0.15, -0.1) is 0 Å². The van der Waals surface area contributed by atoms with E-state index in [1.165, 1.54) is 11.9 Å². The van der Waals surface area contributed by atoms with Gasteiger partial charge in [-0.3, -0.25) is 0 Å². The van der Waals surface area contributed by atoms with Crippen molar-refractivity contribution in [2.45, 2.75) is 6.54 Å². The molecule has 3 rings (SSSR count). The number of imidazole rings is 1. The van der Waals surface area contributed by atoms with Crippen molar-refractivity contribution in [2.24, 2.45) is 0 Å². The summed E-state index contributed by atoms with van der Waals surface area (Å²) in [5, 5.41) is 4.23. The maximum Gasteiger partial charge on any atom is 0.143 e. The number of rotatable bonds is 3. The first kappa shape index (κ1) is 10.2. The normalized spacial score (nSPS) is 10.6. The fourth-order valence-electron chi connectivity index (χ4n) is 1.69. The highest BCUT2D eigenvalue weighted by atomic mass is 32.1. The van der Waals surface area contributed by atoms with Crippen molar-refractivity contribution in [3.05, 3.63) is 53.5 Å². The van der Waals surface area contributed by atoms with Crippen LogP contribution in [0.15, 0.2) is 47.9 Å². The van der Waals surface area contributed by atoms with Crippen LogP contribution in [0.5, 0.6) is 0 Å². The van der Waals surface area contributed by atoms with E-state index in [0.717, 1.165) is 17.9 Å². The lowest BCUT2D eigenvalue weighted by molar-refractivity contribution is 0.808. The third kappa shape index (κ3) is 2.09. The molecule has 5 heteroatoms. The molecule has 0 aliphatic carbocycles. The van der Waals surface area contributed by atoms with Crippen LogP contribution in [0.1, 0.15) is 5.56 Å². The van der Waals surface area contributed by atoms with E-state index < -0.39 is 0 Å². The van der Waals surface area contributed by atoms with E-state index in [9.17, 15) is 0 Å². The SMILES string of the molecule is c1ncc(-c2nccn2Cc2ccsc2)cn1. The van der Waals surface area contributed by atoms with Gasteiger partial charge in [-0.2, -0.15) is 11.3 Å². The quantitative estimate of drug-likeness (QED) is 0.708. The first-order valence-electron chi connectivity index (χ1n) is 5.21. The predicted molar refractivity (Wildman–Crippen MR) is 66.7 cm³/mol. The van der Waals surface area contributed by atoms with E-state index in [1.54, 1.807) is 29.9 Å². The standard InChI is InChI=1S/C12H10N4S/c1-4-17-8-10(1)7-16-3-2-15-12(16)11-5-13-9-14-6-11/h1-6,8-9H,7H2. The average Bonchev–Trinajstić information content (AvgIpc) is 3.02. The molecule has 3 aromatic heterocycles. The zero-order chi connectivity index (χ0) is 11.5. The minimum Gasteiger partial charge on any atom is -0.326 e. The van der Waals surface area contributed by atoms with E-state index in [4.69, 9.17) is 0 Å². The Morgan fingerprint density at radius 2 is 2.12 bits per heavy atom. The third-order valence-electron chi connectivity index (χ3n) is 2.47. The number of nitrogens with zero attached hydrogens (tertiary/aromatic N) is 4. The summed E-state index contributed by atoms with van der Waals surface area (Å²) in [6.45, 7) is 0.827. The number of hydrogen-bond acceptors (Lipinski definition) is 4. The summed E-state index contributed by atoms with van der Waals surface area (Å²) in [6.07, 6.45) is 8.85. The van der Waals surface area contributed by atoms with Gasteiger partial charge in [0.05, 0.1) is 5.56 Å². The van der Waals surface area contributed by atoms with Crippen LogP contribution in [0, 0.1) is 0 Å². The highest BCUT2D eigenvalue weighted by Crippen LogP contribution is 2.17. The minimum atomic E-state index is 0.827. The van der Waals surface area contributed by atoms with E-state index in [1.807, 2.05) is 6.20 Å². The molecule has 4 nitrogen and oxygen atoms in total. The Balaban J connectivity index is 1.95. The van der Waals surface area contributed by atoms with Crippen LogP contribution in [0.4, 0.5) is 0 Å². The third-order valence-corrected chi connectivity index (χ3v) is 3.20. The molecule has 3 aromatic rings. The van der Waals surface area contributed by atoms with Crippen molar-refractivity contribution in [1.82, 2.24) is 19.5 Å². The second-order valence-corrected chi connectivity index (χ2v) is 4.42. The molecular formula is C12H10N4S. The van der Waals surface area contributed by atoms with Crippen LogP contribution < -0.4 is 0 Å². The number of hydrogen-bond donors (Lipinski definition) is 0. The Kier molecular flexibility index (Phi) is 2.67. The minimum absolute atomic E-state index is 0.827. The summed E-state index contributed by atoms with van der Waals surface area (Å²) in [4.78, 5) is 12.4. The van der Waals surface area contributed by atoms with Crippen LogP contribution in [-0.4, -0.2) is 19.5 Å². The lowest BCUT2D eigenvalue weighted by Crippen LogP contribution is -2.00. The number of aromatic nitrogens is 4. The Hall–Kier alpha value is -2.01. The largest absolute Gasteiger partial charge is 0.326 e. The Labute approximate surface area is 103 Å². The van der Waals surface area contributed by atoms with Crippen LogP contribution in [-0.2, 0) is 6.54 Å². The zero-order valence-corrected chi connectivity index (χ0v) is 9.84. The molecule has 0 N–H and O–H groups in total. The summed E-state index contributed by atoms with van der Waals surface area (Å²) in [5.41, 5.74) is 2.22. The molecule has 0 bridgehead atoms. The van der Waals surface area contributed by atoms with Crippen LogP contribution in [0.3, 0.4) is 0 Å². The molecule has 0 spiro atoms. The average molecular weight is 242 g/mol. The van der Waals surface area contributed by atoms with Gasteiger partial charge in [0, 0.05) is 31.3 Å². The maximum atomic E-state index is 4.35. The molecule has 0 amide bonds. The first-order chi connectivity index (χ1) is 8.43. The Morgan fingerprint density at radius 3 is 2.88 bits per heavy atom. The van der Waals surface area contributed by atoms with Gasteiger partial charge < -0.3 is 4.57 Å². The van der Waals surface area contributed by atoms with Gasteiger partial charge in [0.25, 0.3) is 0 Å².